The van der Waals surface area contributed by atoms with Gasteiger partial charge >= 0.3 is 0 Å². The van der Waals surface area contributed by atoms with Crippen LogP contribution in [0.25, 0.3) is 0 Å². The van der Waals surface area contributed by atoms with Gasteiger partial charge in [0.1, 0.15) is 0 Å². The van der Waals surface area contributed by atoms with Gasteiger partial charge in [-0.25, -0.2) is 0 Å². The van der Waals surface area contributed by atoms with E-state index in [-0.39, 0.29) is 5.41 Å². The van der Waals surface area contributed by atoms with Crippen molar-refractivity contribution in [3.05, 3.63) is 23.4 Å². The summed E-state index contributed by atoms with van der Waals surface area (Å²) in [7, 11) is 1.97. The fourth-order valence-corrected chi connectivity index (χ4v) is 6.17. The van der Waals surface area contributed by atoms with Gasteiger partial charge in [0, 0.05) is 24.6 Å². The number of rotatable bonds is 0. The van der Waals surface area contributed by atoms with Crippen LogP contribution in [-0.2, 0) is 4.79 Å². The van der Waals surface area contributed by atoms with Gasteiger partial charge in [0.25, 0.3) is 0 Å². The molecule has 0 radical (unpaired) electrons. The highest BCUT2D eigenvalue weighted by Gasteiger charge is 2.58. The SMILES string of the molecule is CC.CC1=CCC2C3CC=C4N(C)C(=O)CC4(C)C3CCC12C. The number of hydrogen-bond acceptors (Lipinski definition) is 1. The van der Waals surface area contributed by atoms with Crippen LogP contribution in [0.5, 0.6) is 0 Å². The van der Waals surface area contributed by atoms with E-state index in [0.717, 1.165) is 18.3 Å². The van der Waals surface area contributed by atoms with Gasteiger partial charge in [-0.2, -0.15) is 0 Å². The highest BCUT2D eigenvalue weighted by atomic mass is 16.2. The summed E-state index contributed by atoms with van der Waals surface area (Å²) in [5, 5.41) is 0. The van der Waals surface area contributed by atoms with Crippen LogP contribution >= 0.6 is 0 Å². The summed E-state index contributed by atoms with van der Waals surface area (Å²) >= 11 is 0. The number of nitrogens with zero attached hydrogens (tertiary/aromatic N) is 1. The maximum atomic E-state index is 12.2. The number of carbonyl (C=O) groups is 1. The summed E-state index contributed by atoms with van der Waals surface area (Å²) in [4.78, 5) is 14.2. The normalized spacial score (nSPS) is 44.5. The van der Waals surface area contributed by atoms with Crippen molar-refractivity contribution in [2.24, 2.45) is 28.6 Å². The minimum atomic E-state index is 0.104. The Morgan fingerprint density at radius 3 is 2.48 bits per heavy atom. The summed E-state index contributed by atoms with van der Waals surface area (Å²) in [6, 6.07) is 0. The van der Waals surface area contributed by atoms with E-state index >= 15 is 0 Å². The first kappa shape index (κ1) is 16.8. The van der Waals surface area contributed by atoms with E-state index in [9.17, 15) is 4.79 Å². The van der Waals surface area contributed by atoms with E-state index in [4.69, 9.17) is 0 Å². The molecule has 4 rings (SSSR count). The molecular weight excluding hydrogens is 282 g/mol. The summed E-state index contributed by atoms with van der Waals surface area (Å²) in [5.41, 5.74) is 3.47. The number of amides is 1. The minimum Gasteiger partial charge on any atom is -0.319 e. The van der Waals surface area contributed by atoms with E-state index in [0.29, 0.717) is 17.2 Å². The molecule has 0 spiro atoms. The topological polar surface area (TPSA) is 20.3 Å². The van der Waals surface area contributed by atoms with Crippen molar-refractivity contribution < 1.29 is 4.79 Å². The van der Waals surface area contributed by atoms with E-state index in [1.165, 1.54) is 31.4 Å². The summed E-state index contributed by atoms with van der Waals surface area (Å²) < 4.78 is 0. The molecular formula is C21H33NO. The zero-order valence-electron chi connectivity index (χ0n) is 15.8. The zero-order valence-corrected chi connectivity index (χ0v) is 15.8. The van der Waals surface area contributed by atoms with Crippen LogP contribution < -0.4 is 0 Å². The van der Waals surface area contributed by atoms with Crippen molar-refractivity contribution in [3.8, 4) is 0 Å². The molecule has 2 nitrogen and oxygen atoms in total. The van der Waals surface area contributed by atoms with Gasteiger partial charge in [-0.1, -0.05) is 45.4 Å². The van der Waals surface area contributed by atoms with E-state index in [1.807, 2.05) is 25.8 Å². The zero-order chi connectivity index (χ0) is 17.0. The molecule has 0 aromatic rings. The van der Waals surface area contributed by atoms with Crippen molar-refractivity contribution in [1.29, 1.82) is 0 Å². The molecule has 0 N–H and O–H groups in total. The van der Waals surface area contributed by atoms with Gasteiger partial charge in [0.2, 0.25) is 5.91 Å². The molecule has 0 aromatic heterocycles. The monoisotopic (exact) mass is 315 g/mol. The second-order valence-electron chi connectivity index (χ2n) is 8.33. The van der Waals surface area contributed by atoms with Crippen LogP contribution in [0.2, 0.25) is 0 Å². The largest absolute Gasteiger partial charge is 0.319 e. The molecule has 2 heteroatoms. The Balaban J connectivity index is 0.000000753. The first-order valence-corrected chi connectivity index (χ1v) is 9.52. The third kappa shape index (κ3) is 2.09. The molecule has 23 heavy (non-hydrogen) atoms. The number of hydrogen-bond donors (Lipinski definition) is 0. The van der Waals surface area contributed by atoms with Crippen LogP contribution in [0.15, 0.2) is 23.4 Å². The van der Waals surface area contributed by atoms with Gasteiger partial charge in [-0.15, -0.1) is 0 Å². The van der Waals surface area contributed by atoms with Gasteiger partial charge in [0.15, 0.2) is 0 Å². The molecule has 2 fully saturated rings. The highest BCUT2D eigenvalue weighted by Crippen LogP contribution is 2.64. The molecule has 0 bridgehead atoms. The number of carbonyl (C=O) groups excluding carboxylic acids is 1. The first-order valence-electron chi connectivity index (χ1n) is 9.52. The van der Waals surface area contributed by atoms with Crippen molar-refractivity contribution >= 4 is 5.91 Å². The van der Waals surface area contributed by atoms with Crippen LogP contribution in [0.1, 0.15) is 66.7 Å². The second kappa shape index (κ2) is 5.50. The summed E-state index contributed by atoms with van der Waals surface area (Å²) in [6.07, 6.45) is 10.6. The van der Waals surface area contributed by atoms with Crippen LogP contribution in [0.3, 0.4) is 0 Å². The predicted molar refractivity (Wildman–Crippen MR) is 95.7 cm³/mol. The van der Waals surface area contributed by atoms with Gasteiger partial charge < -0.3 is 4.90 Å². The molecule has 0 aromatic carbocycles. The molecule has 1 amide bonds. The van der Waals surface area contributed by atoms with Crippen LogP contribution in [-0.4, -0.2) is 17.9 Å². The second-order valence-corrected chi connectivity index (χ2v) is 8.33. The minimum absolute atomic E-state index is 0.104. The Kier molecular flexibility index (Phi) is 4.01. The molecule has 1 aliphatic heterocycles. The molecule has 3 aliphatic carbocycles. The van der Waals surface area contributed by atoms with E-state index in [2.05, 4.69) is 32.9 Å². The van der Waals surface area contributed by atoms with Gasteiger partial charge in [-0.3, -0.25) is 4.79 Å². The number of allylic oxidation sites excluding steroid dienone is 4. The number of fused-ring (bicyclic) bond motifs is 5. The maximum Gasteiger partial charge on any atom is 0.227 e. The summed E-state index contributed by atoms with van der Waals surface area (Å²) in [6.45, 7) is 11.2. The number of likely N-dealkylation sites (tertiary alicyclic amines) is 1. The fraction of sp³-hybridized carbons (Fsp3) is 0.762. The Morgan fingerprint density at radius 2 is 1.78 bits per heavy atom. The molecule has 1 saturated heterocycles. The van der Waals surface area contributed by atoms with Gasteiger partial charge in [0.05, 0.1) is 0 Å². The molecule has 1 heterocycles. The van der Waals surface area contributed by atoms with Crippen LogP contribution in [0, 0.1) is 28.6 Å². The molecule has 4 aliphatic rings. The lowest BCUT2D eigenvalue weighted by molar-refractivity contribution is -0.126. The molecule has 128 valence electrons. The Hall–Kier alpha value is -1.05. The quantitative estimate of drug-likeness (QED) is 0.565. The third-order valence-corrected chi connectivity index (χ3v) is 7.65. The van der Waals surface area contributed by atoms with Crippen molar-refractivity contribution in [2.45, 2.75) is 66.7 Å². The fourth-order valence-electron chi connectivity index (χ4n) is 6.17. The predicted octanol–water partition coefficient (Wildman–Crippen LogP) is 5.17. The van der Waals surface area contributed by atoms with Crippen molar-refractivity contribution in [1.82, 2.24) is 4.90 Å². The lowest BCUT2D eigenvalue weighted by Gasteiger charge is -2.54. The lowest BCUT2D eigenvalue weighted by atomic mass is 9.50. The molecule has 5 atom stereocenters. The molecule has 5 unspecified atom stereocenters. The van der Waals surface area contributed by atoms with Crippen molar-refractivity contribution in [3.63, 3.8) is 0 Å². The maximum absolute atomic E-state index is 12.2. The smallest absolute Gasteiger partial charge is 0.227 e. The van der Waals surface area contributed by atoms with E-state index in [1.54, 1.807) is 5.57 Å². The Labute approximate surface area is 142 Å². The van der Waals surface area contributed by atoms with Crippen LogP contribution in [0.4, 0.5) is 0 Å². The first-order chi connectivity index (χ1) is 10.9. The Morgan fingerprint density at radius 1 is 1.09 bits per heavy atom. The highest BCUT2D eigenvalue weighted by molar-refractivity contribution is 5.83. The van der Waals surface area contributed by atoms with E-state index < -0.39 is 0 Å². The lowest BCUT2D eigenvalue weighted by Crippen LogP contribution is -2.47. The molecule has 1 saturated carbocycles. The standard InChI is InChI=1S/C19H27NO.C2H6/c1-12-5-7-14-13-6-8-16-19(3,11-17(21)20(16)4)15(13)9-10-18(12,14)2;1-2/h5,8,13-15H,6-7,9-11H2,1-4H3;1-2H3. The van der Waals surface area contributed by atoms with Crippen molar-refractivity contribution in [2.75, 3.05) is 7.05 Å². The average molecular weight is 316 g/mol. The third-order valence-electron chi connectivity index (χ3n) is 7.65. The van der Waals surface area contributed by atoms with Gasteiger partial charge in [-0.05, 0) is 55.8 Å². The average Bonchev–Trinajstić information content (AvgIpc) is 2.96. The summed E-state index contributed by atoms with van der Waals surface area (Å²) in [5.74, 6) is 2.58. The Bertz CT molecular complexity index is 574.